The Morgan fingerprint density at radius 2 is 1.90 bits per heavy atom. The van der Waals surface area contributed by atoms with Gasteiger partial charge in [0.15, 0.2) is 0 Å². The van der Waals surface area contributed by atoms with Crippen LogP contribution in [-0.4, -0.2) is 34.4 Å². The van der Waals surface area contributed by atoms with Crippen LogP contribution in [0.5, 0.6) is 0 Å². The third-order valence-corrected chi connectivity index (χ3v) is 4.48. The Hall–Kier alpha value is -3.68. The van der Waals surface area contributed by atoms with Crippen LogP contribution in [0.3, 0.4) is 0 Å². The van der Waals surface area contributed by atoms with Crippen LogP contribution in [0, 0.1) is 31.0 Å². The van der Waals surface area contributed by atoms with Crippen molar-refractivity contribution >= 4 is 23.3 Å². The van der Waals surface area contributed by atoms with Gasteiger partial charge in [0.05, 0.1) is 16.8 Å². The number of benzene rings is 1. The third kappa shape index (κ3) is 4.74. The molecule has 164 valence electrons. The molecule has 0 fully saturated rings. The van der Waals surface area contributed by atoms with Crippen molar-refractivity contribution in [2.45, 2.75) is 33.0 Å². The molecule has 11 heteroatoms. The van der Waals surface area contributed by atoms with Crippen LogP contribution >= 0.6 is 0 Å². The van der Waals surface area contributed by atoms with Crippen LogP contribution in [0.15, 0.2) is 18.2 Å². The smallest absolute Gasteiger partial charge is 0.344 e. The second kappa shape index (κ2) is 8.59. The SMILES string of the molecule is [2H]C([2H])([2H])n1c(C)c(C(=O)Nc2ccc(F)c(C#N)c2)c(C)c1C(=O)C(=O)NC(C)C(F)(F)F. The Bertz CT molecular complexity index is 1210. The van der Waals surface area contributed by atoms with Gasteiger partial charge in [-0.2, -0.15) is 18.4 Å². The number of aromatic nitrogens is 1. The summed E-state index contributed by atoms with van der Waals surface area (Å²) in [5.74, 6) is -5.08. The number of hydrogen-bond donors (Lipinski definition) is 2. The van der Waals surface area contributed by atoms with E-state index in [2.05, 4.69) is 5.32 Å². The molecule has 2 aromatic rings. The van der Waals surface area contributed by atoms with Crippen molar-refractivity contribution in [2.24, 2.45) is 6.98 Å². The highest BCUT2D eigenvalue weighted by Gasteiger charge is 2.39. The third-order valence-electron chi connectivity index (χ3n) is 4.48. The molecule has 31 heavy (non-hydrogen) atoms. The highest BCUT2D eigenvalue weighted by atomic mass is 19.4. The molecule has 0 spiro atoms. The lowest BCUT2D eigenvalue weighted by atomic mass is 10.1. The summed E-state index contributed by atoms with van der Waals surface area (Å²) in [5.41, 5.74) is -2.05. The summed E-state index contributed by atoms with van der Waals surface area (Å²) < 4.78 is 75.3. The number of nitrogens with one attached hydrogen (secondary N) is 2. The van der Waals surface area contributed by atoms with Crippen LogP contribution in [0.25, 0.3) is 0 Å². The summed E-state index contributed by atoms with van der Waals surface area (Å²) in [5, 5.41) is 12.7. The van der Waals surface area contributed by atoms with Gasteiger partial charge in [0.2, 0.25) is 0 Å². The average molecular weight is 441 g/mol. The standard InChI is InChI=1S/C20H18F4N4O3/c1-9-15(18(30)27-13-5-6-14(21)12(7-13)8-25)10(2)28(4)16(9)17(29)19(31)26-11(3)20(22,23)24/h5-7,11H,1-4H3,(H,26,31)(H,27,30)/i4D3. The molecule has 0 aliphatic carbocycles. The first-order valence-electron chi connectivity index (χ1n) is 10.2. The predicted octanol–water partition coefficient (Wildman–Crippen LogP) is 3.15. The zero-order chi connectivity index (χ0) is 26.2. The van der Waals surface area contributed by atoms with E-state index in [1.54, 1.807) is 6.07 Å². The Labute approximate surface area is 178 Å². The van der Waals surface area contributed by atoms with Gasteiger partial charge >= 0.3 is 6.18 Å². The van der Waals surface area contributed by atoms with Crippen molar-refractivity contribution in [1.82, 2.24) is 9.88 Å². The topological polar surface area (TPSA) is 104 Å². The number of carbonyl (C=O) groups excluding carboxylic acids is 3. The monoisotopic (exact) mass is 441 g/mol. The van der Waals surface area contributed by atoms with Crippen molar-refractivity contribution in [2.75, 3.05) is 5.32 Å². The lowest BCUT2D eigenvalue weighted by Crippen LogP contribution is -2.46. The maximum absolute atomic E-state index is 13.5. The largest absolute Gasteiger partial charge is 0.408 e. The number of nitriles is 1. The molecule has 0 saturated carbocycles. The molecule has 1 heterocycles. The first kappa shape index (κ1) is 19.3. The van der Waals surface area contributed by atoms with Crippen LogP contribution in [0.4, 0.5) is 23.2 Å². The quantitative estimate of drug-likeness (QED) is 0.423. The molecule has 1 unspecified atom stereocenters. The number of halogens is 4. The number of Topliss-reactive ketones (excluding diaryl/α,β-unsaturated/α-hetero) is 1. The molecular weight excluding hydrogens is 420 g/mol. The fourth-order valence-corrected chi connectivity index (χ4v) is 2.78. The van der Waals surface area contributed by atoms with Crippen LogP contribution < -0.4 is 10.6 Å². The minimum atomic E-state index is -4.85. The van der Waals surface area contributed by atoms with Crippen LogP contribution in [0.1, 0.15) is 48.7 Å². The second-order valence-electron chi connectivity index (χ2n) is 6.60. The van der Waals surface area contributed by atoms with Gasteiger partial charge in [0.25, 0.3) is 17.6 Å². The van der Waals surface area contributed by atoms with Crippen molar-refractivity contribution in [1.29, 1.82) is 5.26 Å². The van der Waals surface area contributed by atoms with Gasteiger partial charge in [0, 0.05) is 22.5 Å². The normalized spacial score (nSPS) is 13.9. The highest BCUT2D eigenvalue weighted by Crippen LogP contribution is 2.24. The minimum Gasteiger partial charge on any atom is -0.344 e. The number of ketones is 1. The summed E-state index contributed by atoms with van der Waals surface area (Å²) >= 11 is 0. The van der Waals surface area contributed by atoms with Gasteiger partial charge in [-0.25, -0.2) is 4.39 Å². The summed E-state index contributed by atoms with van der Waals surface area (Å²) in [4.78, 5) is 37.8. The van der Waals surface area contributed by atoms with E-state index in [0.717, 1.165) is 25.1 Å². The zero-order valence-electron chi connectivity index (χ0n) is 19.4. The van der Waals surface area contributed by atoms with Gasteiger partial charge in [-0.15, -0.1) is 0 Å². The van der Waals surface area contributed by atoms with Crippen LogP contribution in [-0.2, 0) is 11.8 Å². The highest BCUT2D eigenvalue weighted by molar-refractivity contribution is 6.43. The van der Waals surface area contributed by atoms with E-state index in [-0.39, 0.29) is 28.1 Å². The molecule has 7 nitrogen and oxygen atoms in total. The molecule has 2 N–H and O–H groups in total. The van der Waals surface area contributed by atoms with Gasteiger partial charge in [0.1, 0.15) is 17.9 Å². The van der Waals surface area contributed by atoms with E-state index < -0.39 is 48.3 Å². The van der Waals surface area contributed by atoms with E-state index in [0.29, 0.717) is 11.5 Å². The van der Waals surface area contributed by atoms with Gasteiger partial charge in [-0.1, -0.05) is 0 Å². The summed E-state index contributed by atoms with van der Waals surface area (Å²) in [6.45, 7) is -0.142. The van der Waals surface area contributed by atoms with E-state index in [4.69, 9.17) is 9.37 Å². The molecule has 2 amide bonds. The van der Waals surface area contributed by atoms with Gasteiger partial charge in [-0.3, -0.25) is 14.4 Å². The number of hydrogen-bond acceptors (Lipinski definition) is 4. The van der Waals surface area contributed by atoms with Crippen molar-refractivity contribution < 1.29 is 36.1 Å². The minimum absolute atomic E-state index is 0.0204. The van der Waals surface area contributed by atoms with E-state index in [1.165, 1.54) is 12.2 Å². The first-order chi connectivity index (χ1) is 15.5. The Kier molecular flexibility index (Phi) is 5.35. The fourth-order valence-electron chi connectivity index (χ4n) is 2.78. The molecule has 0 saturated heterocycles. The molecule has 0 bridgehead atoms. The number of alkyl halides is 3. The summed E-state index contributed by atoms with van der Waals surface area (Å²) in [6.07, 6.45) is -4.85. The maximum atomic E-state index is 13.5. The number of carbonyl (C=O) groups is 3. The molecule has 0 radical (unpaired) electrons. The van der Waals surface area contributed by atoms with E-state index in [1.807, 2.05) is 0 Å². The molecule has 1 atom stereocenters. The number of rotatable bonds is 5. The van der Waals surface area contributed by atoms with Crippen LogP contribution in [0.2, 0.25) is 0 Å². The maximum Gasteiger partial charge on any atom is 0.408 e. The first-order valence-corrected chi connectivity index (χ1v) is 8.66. The number of nitrogens with zero attached hydrogens (tertiary/aromatic N) is 2. The lowest BCUT2D eigenvalue weighted by molar-refractivity contribution is -0.156. The summed E-state index contributed by atoms with van der Waals surface area (Å²) in [6, 6.07) is 2.27. The van der Waals surface area contributed by atoms with Crippen molar-refractivity contribution in [3.8, 4) is 6.07 Å². The van der Waals surface area contributed by atoms with E-state index >= 15 is 0 Å². The molecular formula is C20H18F4N4O3. The Morgan fingerprint density at radius 3 is 2.45 bits per heavy atom. The van der Waals surface area contributed by atoms with Crippen molar-refractivity contribution in [3.63, 3.8) is 0 Å². The van der Waals surface area contributed by atoms with Gasteiger partial charge < -0.3 is 15.2 Å². The van der Waals surface area contributed by atoms with Gasteiger partial charge in [-0.05, 0) is 44.5 Å². The molecule has 0 aliphatic heterocycles. The zero-order valence-corrected chi connectivity index (χ0v) is 16.4. The molecule has 2 rings (SSSR count). The second-order valence-corrected chi connectivity index (χ2v) is 6.60. The lowest BCUT2D eigenvalue weighted by Gasteiger charge is -2.16. The van der Waals surface area contributed by atoms with Crippen molar-refractivity contribution in [3.05, 3.63) is 52.1 Å². The fraction of sp³-hybridized carbons (Fsp3) is 0.300. The molecule has 0 aliphatic rings. The average Bonchev–Trinajstić information content (AvgIpc) is 2.98. The molecule has 1 aromatic carbocycles. The number of amides is 2. The predicted molar refractivity (Wildman–Crippen MR) is 102 cm³/mol. The summed E-state index contributed by atoms with van der Waals surface area (Å²) in [7, 11) is 0. The number of anilines is 1. The Morgan fingerprint density at radius 1 is 1.26 bits per heavy atom. The molecule has 1 aromatic heterocycles. The Balaban J connectivity index is 2.54. The van der Waals surface area contributed by atoms with E-state index in [9.17, 15) is 31.9 Å².